The third kappa shape index (κ3) is 4.23. The van der Waals surface area contributed by atoms with E-state index in [9.17, 15) is 9.59 Å². The number of methoxy groups -OCH3 is 2. The number of benzene rings is 2. The van der Waals surface area contributed by atoms with E-state index in [-0.39, 0.29) is 6.54 Å². The average Bonchev–Trinajstić information content (AvgIpc) is 3.15. The van der Waals surface area contributed by atoms with Crippen LogP contribution < -0.4 is 29.6 Å². The molecule has 2 heterocycles. The molecule has 0 aliphatic carbocycles. The van der Waals surface area contributed by atoms with Gasteiger partial charge in [-0.05, 0) is 12.1 Å². The van der Waals surface area contributed by atoms with Crippen molar-refractivity contribution in [2.24, 2.45) is 0 Å². The van der Waals surface area contributed by atoms with Gasteiger partial charge in [0.2, 0.25) is 5.91 Å². The molecule has 0 spiro atoms. The molecule has 0 saturated carbocycles. The van der Waals surface area contributed by atoms with E-state index < -0.39 is 11.8 Å². The first-order chi connectivity index (χ1) is 14.6. The zero-order valence-corrected chi connectivity index (χ0v) is 17.1. The van der Waals surface area contributed by atoms with Crippen molar-refractivity contribution in [3.05, 3.63) is 35.9 Å². The number of carbonyl (C=O) groups excluding carboxylic acids is 2. The number of fused-ring (bicyclic) bond motifs is 2. The van der Waals surface area contributed by atoms with Crippen LogP contribution in [-0.4, -0.2) is 50.8 Å². The molecule has 1 aliphatic heterocycles. The Kier molecular flexibility index (Phi) is 5.57. The molecule has 9 nitrogen and oxygen atoms in total. The topological polar surface area (TPSA) is 108 Å². The van der Waals surface area contributed by atoms with E-state index in [0.29, 0.717) is 52.4 Å². The van der Waals surface area contributed by atoms with E-state index in [1.807, 2.05) is 6.07 Å². The number of amides is 2. The SMILES string of the molecule is COc1cc(OC)cc(C(=O)NCC(=O)Nc2nc3cc4c(cc3s2)OCCO4)c1. The summed E-state index contributed by atoms with van der Waals surface area (Å²) >= 11 is 1.31. The van der Waals surface area contributed by atoms with Gasteiger partial charge in [0.05, 0.1) is 31.0 Å². The molecule has 0 unspecified atom stereocenters. The Bertz CT molecular complexity index is 1050. The van der Waals surface area contributed by atoms with Crippen molar-refractivity contribution in [1.82, 2.24) is 10.3 Å². The van der Waals surface area contributed by atoms with Crippen LogP contribution in [0, 0.1) is 0 Å². The minimum Gasteiger partial charge on any atom is -0.497 e. The van der Waals surface area contributed by atoms with Gasteiger partial charge in [0.25, 0.3) is 5.91 Å². The molecule has 2 amide bonds. The Labute approximate surface area is 175 Å². The zero-order chi connectivity index (χ0) is 21.1. The van der Waals surface area contributed by atoms with Crippen LogP contribution >= 0.6 is 11.3 Å². The lowest BCUT2D eigenvalue weighted by molar-refractivity contribution is -0.115. The summed E-state index contributed by atoms with van der Waals surface area (Å²) in [6.45, 7) is 0.780. The van der Waals surface area contributed by atoms with Crippen molar-refractivity contribution in [1.29, 1.82) is 0 Å². The van der Waals surface area contributed by atoms with Crippen LogP contribution in [0.15, 0.2) is 30.3 Å². The van der Waals surface area contributed by atoms with Gasteiger partial charge in [0, 0.05) is 23.8 Å². The minimum absolute atomic E-state index is 0.211. The lowest BCUT2D eigenvalue weighted by atomic mass is 10.2. The van der Waals surface area contributed by atoms with Crippen molar-refractivity contribution in [3.63, 3.8) is 0 Å². The second kappa shape index (κ2) is 8.46. The van der Waals surface area contributed by atoms with Crippen molar-refractivity contribution >= 4 is 38.5 Å². The number of nitrogens with zero attached hydrogens (tertiary/aromatic N) is 1. The fourth-order valence-electron chi connectivity index (χ4n) is 2.88. The van der Waals surface area contributed by atoms with Crippen molar-refractivity contribution in [3.8, 4) is 23.0 Å². The van der Waals surface area contributed by atoms with Crippen LogP contribution in [0.25, 0.3) is 10.2 Å². The van der Waals surface area contributed by atoms with Crippen LogP contribution in [0.2, 0.25) is 0 Å². The van der Waals surface area contributed by atoms with Crippen molar-refractivity contribution in [2.45, 2.75) is 0 Å². The minimum atomic E-state index is -0.423. The molecule has 0 bridgehead atoms. The van der Waals surface area contributed by atoms with Gasteiger partial charge in [-0.15, -0.1) is 0 Å². The van der Waals surface area contributed by atoms with E-state index in [4.69, 9.17) is 18.9 Å². The molecule has 0 radical (unpaired) electrons. The van der Waals surface area contributed by atoms with E-state index in [0.717, 1.165) is 4.70 Å². The molecule has 2 aromatic carbocycles. The van der Waals surface area contributed by atoms with Crippen LogP contribution in [0.3, 0.4) is 0 Å². The molecule has 0 fully saturated rings. The van der Waals surface area contributed by atoms with Crippen LogP contribution in [-0.2, 0) is 4.79 Å². The lowest BCUT2D eigenvalue weighted by Crippen LogP contribution is -2.32. The van der Waals surface area contributed by atoms with E-state index >= 15 is 0 Å². The number of aromatic nitrogens is 1. The summed E-state index contributed by atoms with van der Waals surface area (Å²) in [4.78, 5) is 29.0. The lowest BCUT2D eigenvalue weighted by Gasteiger charge is -2.17. The number of ether oxygens (including phenoxy) is 4. The quantitative estimate of drug-likeness (QED) is 0.620. The summed E-state index contributed by atoms with van der Waals surface area (Å²) in [6.07, 6.45) is 0. The molecule has 1 aliphatic rings. The predicted octanol–water partition coefficient (Wildman–Crippen LogP) is 2.45. The van der Waals surface area contributed by atoms with Gasteiger partial charge in [0.15, 0.2) is 16.6 Å². The first kappa shape index (κ1) is 19.8. The van der Waals surface area contributed by atoms with Crippen LogP contribution in [0.1, 0.15) is 10.4 Å². The second-order valence-electron chi connectivity index (χ2n) is 6.31. The van der Waals surface area contributed by atoms with Crippen LogP contribution in [0.5, 0.6) is 23.0 Å². The maximum atomic E-state index is 12.4. The average molecular weight is 429 g/mol. The number of anilines is 1. The molecular formula is C20H19N3O6S. The Morgan fingerprint density at radius 1 is 1.03 bits per heavy atom. The molecule has 30 heavy (non-hydrogen) atoms. The van der Waals surface area contributed by atoms with Crippen LogP contribution in [0.4, 0.5) is 5.13 Å². The third-order valence-corrected chi connectivity index (χ3v) is 5.26. The fraction of sp³-hybridized carbons (Fsp3) is 0.250. The summed E-state index contributed by atoms with van der Waals surface area (Å²) in [5.41, 5.74) is 1.02. The summed E-state index contributed by atoms with van der Waals surface area (Å²) in [5.74, 6) is 1.44. The Morgan fingerprint density at radius 2 is 1.70 bits per heavy atom. The highest BCUT2D eigenvalue weighted by molar-refractivity contribution is 7.22. The molecule has 1 aromatic heterocycles. The molecule has 0 saturated heterocycles. The van der Waals surface area contributed by atoms with Gasteiger partial charge >= 0.3 is 0 Å². The van der Waals surface area contributed by atoms with Gasteiger partial charge in [-0.25, -0.2) is 4.98 Å². The predicted molar refractivity (Wildman–Crippen MR) is 111 cm³/mol. The summed E-state index contributed by atoms with van der Waals surface area (Å²) in [5, 5.41) is 5.70. The number of hydrogen-bond acceptors (Lipinski definition) is 8. The highest BCUT2D eigenvalue weighted by Gasteiger charge is 2.17. The first-order valence-corrected chi connectivity index (χ1v) is 9.88. The fourth-order valence-corrected chi connectivity index (χ4v) is 3.78. The molecule has 2 N–H and O–H groups in total. The molecule has 10 heteroatoms. The van der Waals surface area contributed by atoms with Gasteiger partial charge in [-0.3, -0.25) is 9.59 Å². The molecule has 3 aromatic rings. The highest BCUT2D eigenvalue weighted by Crippen LogP contribution is 2.37. The largest absolute Gasteiger partial charge is 0.497 e. The molecular weight excluding hydrogens is 410 g/mol. The number of nitrogens with one attached hydrogen (secondary N) is 2. The number of carbonyl (C=O) groups is 2. The number of hydrogen-bond donors (Lipinski definition) is 2. The first-order valence-electron chi connectivity index (χ1n) is 9.07. The summed E-state index contributed by atoms with van der Waals surface area (Å²) in [7, 11) is 2.99. The maximum Gasteiger partial charge on any atom is 0.251 e. The van der Waals surface area contributed by atoms with Gasteiger partial charge < -0.3 is 29.6 Å². The third-order valence-electron chi connectivity index (χ3n) is 4.32. The summed E-state index contributed by atoms with van der Waals surface area (Å²) < 4.78 is 22.3. The monoisotopic (exact) mass is 429 g/mol. The smallest absolute Gasteiger partial charge is 0.251 e. The highest BCUT2D eigenvalue weighted by atomic mass is 32.1. The number of rotatable bonds is 6. The number of thiazole rings is 1. The standard InChI is InChI=1S/C20H19N3O6S/c1-26-12-5-11(6-13(7-12)27-2)19(25)21-10-18(24)23-20-22-14-8-15-16(9-17(14)30-20)29-4-3-28-15/h5-9H,3-4,10H2,1-2H3,(H,21,25)(H,22,23,24). The maximum absolute atomic E-state index is 12.4. The van der Waals surface area contributed by atoms with Crippen molar-refractivity contribution < 1.29 is 28.5 Å². The van der Waals surface area contributed by atoms with E-state index in [1.54, 1.807) is 24.3 Å². The van der Waals surface area contributed by atoms with Gasteiger partial charge in [0.1, 0.15) is 24.7 Å². The molecule has 156 valence electrons. The zero-order valence-electron chi connectivity index (χ0n) is 16.3. The normalized spacial score (nSPS) is 12.3. The van der Waals surface area contributed by atoms with Gasteiger partial charge in [-0.1, -0.05) is 11.3 Å². The summed E-state index contributed by atoms with van der Waals surface area (Å²) in [6, 6.07) is 8.41. The Morgan fingerprint density at radius 3 is 2.37 bits per heavy atom. The molecule has 4 rings (SSSR count). The van der Waals surface area contributed by atoms with Crippen molar-refractivity contribution in [2.75, 3.05) is 39.3 Å². The van der Waals surface area contributed by atoms with Gasteiger partial charge in [-0.2, -0.15) is 0 Å². The Hall–Kier alpha value is -3.53. The van der Waals surface area contributed by atoms with E-state index in [2.05, 4.69) is 15.6 Å². The second-order valence-corrected chi connectivity index (χ2v) is 7.35. The Balaban J connectivity index is 1.39. The molecule has 0 atom stereocenters. The van der Waals surface area contributed by atoms with E-state index in [1.165, 1.54) is 25.6 Å².